The summed E-state index contributed by atoms with van der Waals surface area (Å²) in [6.45, 7) is 5.59. The van der Waals surface area contributed by atoms with Crippen LogP contribution in [0.25, 0.3) is 0 Å². The molecule has 0 atom stereocenters. The second kappa shape index (κ2) is 13.1. The number of hydrogen-bond donors (Lipinski definition) is 0. The fraction of sp³-hybridized carbons (Fsp3) is 1.00. The van der Waals surface area contributed by atoms with Crippen molar-refractivity contribution in [1.82, 2.24) is 0 Å². The highest BCUT2D eigenvalue weighted by atomic mass is 28.4. The fourth-order valence-corrected chi connectivity index (χ4v) is 7.99. The zero-order chi connectivity index (χ0) is 34.1. The molecular weight excluding hydrogens is 624 g/mol. The van der Waals surface area contributed by atoms with Crippen molar-refractivity contribution >= 4 is 17.6 Å². The second-order valence-electron chi connectivity index (χ2n) is 12.0. The first-order chi connectivity index (χ1) is 18.4. The van der Waals surface area contributed by atoms with E-state index in [1.54, 1.807) is 0 Å². The van der Waals surface area contributed by atoms with Gasteiger partial charge in [0.15, 0.2) is 0 Å². The van der Waals surface area contributed by atoms with Crippen molar-refractivity contribution in [3.63, 3.8) is 0 Å². The predicted octanol–water partition coefficient (Wildman–Crippen LogP) is 6.84. The highest BCUT2D eigenvalue weighted by molar-refractivity contribution is 6.61. The average molecular weight is 671 g/mol. The molecule has 0 aromatic rings. The summed E-state index contributed by atoms with van der Waals surface area (Å²) in [6.07, 6.45) is -10.0. The molecule has 0 rings (SSSR count). The highest BCUT2D eigenvalue weighted by Gasteiger charge is 2.72. The van der Waals surface area contributed by atoms with E-state index in [4.69, 9.17) is 26.6 Å². The lowest BCUT2D eigenvalue weighted by atomic mass is 9.75. The van der Waals surface area contributed by atoms with Gasteiger partial charge in [0.25, 0.3) is 5.92 Å². The first-order valence-corrected chi connectivity index (χ1v) is 16.5. The van der Waals surface area contributed by atoms with Gasteiger partial charge < -0.3 is 36.0 Å². The lowest BCUT2D eigenvalue weighted by Crippen LogP contribution is -2.64. The van der Waals surface area contributed by atoms with Crippen LogP contribution in [0, 0.1) is 10.8 Å². The number of rotatable bonds is 19. The molecule has 0 spiro atoms. The monoisotopic (exact) mass is 670 g/mol. The maximum absolute atomic E-state index is 15.7. The van der Waals surface area contributed by atoms with Crippen LogP contribution in [-0.4, -0.2) is 95.5 Å². The van der Waals surface area contributed by atoms with E-state index in [1.807, 2.05) is 0 Å². The van der Waals surface area contributed by atoms with Crippen LogP contribution in [0.5, 0.6) is 0 Å². The highest BCUT2D eigenvalue weighted by Crippen LogP contribution is 2.57. The molecule has 0 aromatic carbocycles. The van der Waals surface area contributed by atoms with Crippen LogP contribution in [-0.2, 0) is 36.0 Å². The third-order valence-corrected chi connectivity index (χ3v) is 14.0. The zero-order valence-corrected chi connectivity index (χ0v) is 28.7. The van der Waals surface area contributed by atoms with Gasteiger partial charge in [0.1, 0.15) is 5.60 Å². The lowest BCUT2D eigenvalue weighted by Gasteiger charge is -2.50. The van der Waals surface area contributed by atoms with Crippen LogP contribution in [0.15, 0.2) is 0 Å². The predicted molar refractivity (Wildman–Crippen MR) is 141 cm³/mol. The van der Waals surface area contributed by atoms with Crippen LogP contribution in [0.2, 0.25) is 12.1 Å². The van der Waals surface area contributed by atoms with Gasteiger partial charge in [-0.25, -0.2) is 8.78 Å². The summed E-state index contributed by atoms with van der Waals surface area (Å²) < 4.78 is 163. The van der Waals surface area contributed by atoms with Gasteiger partial charge in [-0.3, -0.25) is 0 Å². The van der Waals surface area contributed by atoms with Gasteiger partial charge >= 0.3 is 35.7 Å². The largest absolute Gasteiger partial charge is 0.506 e. The van der Waals surface area contributed by atoms with Gasteiger partial charge in [-0.2, -0.15) is 26.3 Å². The van der Waals surface area contributed by atoms with Crippen molar-refractivity contribution in [3.8, 4) is 0 Å². The standard InChI is InChI=1S/C24H46F8O8Si2/c1-17(2,15-41(33-9,34-10)35-11)22(27,28)24(31,32)39-19(5,6)18(3,4)23(29,30)40-20(7,8)21(25,26)16-42(36-12,37-13)38-14/h15-16H2,1-14H3. The third-order valence-electron chi connectivity index (χ3n) is 8.06. The second-order valence-corrected chi connectivity index (χ2v) is 17.9. The molecule has 8 nitrogen and oxygen atoms in total. The van der Waals surface area contributed by atoms with E-state index in [1.165, 1.54) is 0 Å². The summed E-state index contributed by atoms with van der Waals surface area (Å²) in [7, 11) is -1.44. The minimum atomic E-state index is -5.36. The molecule has 18 heteroatoms. The summed E-state index contributed by atoms with van der Waals surface area (Å²) >= 11 is 0. The summed E-state index contributed by atoms with van der Waals surface area (Å²) in [5, 5.41) is 0. The van der Waals surface area contributed by atoms with Crippen molar-refractivity contribution < 1.29 is 71.2 Å². The lowest BCUT2D eigenvalue weighted by molar-refractivity contribution is -0.441. The normalized spacial score (nSPS) is 15.9. The molecule has 0 unspecified atom stereocenters. The molecule has 0 radical (unpaired) electrons. The average Bonchev–Trinajstić information content (AvgIpc) is 2.84. The van der Waals surface area contributed by atoms with Crippen LogP contribution in [0.1, 0.15) is 55.4 Å². The van der Waals surface area contributed by atoms with Crippen molar-refractivity contribution in [2.45, 2.75) is 103 Å². The van der Waals surface area contributed by atoms with E-state index in [9.17, 15) is 0 Å². The first-order valence-electron chi connectivity index (χ1n) is 12.7. The van der Waals surface area contributed by atoms with Gasteiger partial charge in [0.2, 0.25) is 0 Å². The molecule has 0 saturated heterocycles. The van der Waals surface area contributed by atoms with Crippen molar-refractivity contribution in [2.24, 2.45) is 10.8 Å². The van der Waals surface area contributed by atoms with E-state index >= 15 is 35.1 Å². The maximum atomic E-state index is 15.7. The molecule has 254 valence electrons. The molecule has 0 heterocycles. The Morgan fingerprint density at radius 1 is 0.452 bits per heavy atom. The fourth-order valence-electron chi connectivity index (χ4n) is 3.85. The number of ether oxygens (including phenoxy) is 2. The smallest absolute Gasteiger partial charge is 0.377 e. The van der Waals surface area contributed by atoms with Gasteiger partial charge in [0.05, 0.1) is 17.1 Å². The quantitative estimate of drug-likeness (QED) is 0.109. The molecule has 0 saturated carbocycles. The topological polar surface area (TPSA) is 73.8 Å². The Hall–Kier alpha value is -0.446. The van der Waals surface area contributed by atoms with Gasteiger partial charge in [-0.1, -0.05) is 13.8 Å². The molecule has 42 heavy (non-hydrogen) atoms. The van der Waals surface area contributed by atoms with Gasteiger partial charge in [-0.15, -0.1) is 0 Å². The number of halogens is 8. The van der Waals surface area contributed by atoms with Crippen molar-refractivity contribution in [3.05, 3.63) is 0 Å². The Morgan fingerprint density at radius 3 is 1.10 bits per heavy atom. The minimum Gasteiger partial charge on any atom is -0.377 e. The molecule has 0 fully saturated rings. The van der Waals surface area contributed by atoms with E-state index in [2.05, 4.69) is 9.47 Å². The van der Waals surface area contributed by atoms with E-state index < -0.39 is 75.8 Å². The molecule has 0 aliphatic rings. The number of alkyl halides is 8. The molecule has 0 amide bonds. The summed E-state index contributed by atoms with van der Waals surface area (Å²) in [4.78, 5) is 0. The Kier molecular flexibility index (Phi) is 13.0. The van der Waals surface area contributed by atoms with E-state index in [-0.39, 0.29) is 0 Å². The Morgan fingerprint density at radius 2 is 0.762 bits per heavy atom. The van der Waals surface area contributed by atoms with Crippen molar-refractivity contribution in [2.75, 3.05) is 42.7 Å². The van der Waals surface area contributed by atoms with Gasteiger partial charge in [0, 0.05) is 54.1 Å². The summed E-state index contributed by atoms with van der Waals surface area (Å²) in [5.74, 6) is -9.08. The SMILES string of the molecule is CO[Si](CC(C)(C)C(F)(F)C(F)(F)OC(C)(C)C(C)(C)C(F)(F)OC(C)(C)C(F)(F)C[Si](OC)(OC)OC)(OC)OC. The van der Waals surface area contributed by atoms with Gasteiger partial charge in [-0.05, 0) is 41.5 Å². The molecular formula is C24H46F8O8Si2. The Labute approximate surface area is 245 Å². The Bertz CT molecular complexity index is 864. The van der Waals surface area contributed by atoms with E-state index in [0.29, 0.717) is 41.5 Å². The third kappa shape index (κ3) is 7.85. The first kappa shape index (κ1) is 41.6. The minimum absolute atomic E-state index is 0.647. The molecule has 0 aromatic heterocycles. The van der Waals surface area contributed by atoms with Crippen LogP contribution < -0.4 is 0 Å². The molecule has 0 bridgehead atoms. The molecule has 0 aliphatic carbocycles. The van der Waals surface area contributed by atoms with Crippen LogP contribution in [0.4, 0.5) is 35.1 Å². The summed E-state index contributed by atoms with van der Waals surface area (Å²) in [6, 6.07) is -2.08. The summed E-state index contributed by atoms with van der Waals surface area (Å²) in [5.41, 5.74) is -11.3. The zero-order valence-electron chi connectivity index (χ0n) is 26.7. The number of hydrogen-bond acceptors (Lipinski definition) is 8. The molecule has 0 aliphatic heterocycles. The maximum Gasteiger partial charge on any atom is 0.506 e. The Balaban J connectivity index is 6.40. The molecule has 0 N–H and O–H groups in total. The van der Waals surface area contributed by atoms with Crippen LogP contribution in [0.3, 0.4) is 0 Å². The van der Waals surface area contributed by atoms with Crippen LogP contribution >= 0.6 is 0 Å². The van der Waals surface area contributed by atoms with E-state index in [0.717, 1.165) is 56.5 Å². The van der Waals surface area contributed by atoms with Crippen molar-refractivity contribution in [1.29, 1.82) is 0 Å².